The predicted octanol–water partition coefficient (Wildman–Crippen LogP) is 4.21. The average Bonchev–Trinajstić information content (AvgIpc) is 2.78. The Bertz CT molecular complexity index is 934. The number of carbonyl (C=O) groups excluding carboxylic acids is 1. The zero-order chi connectivity index (χ0) is 22.6. The van der Waals surface area contributed by atoms with Crippen molar-refractivity contribution in [2.24, 2.45) is 0 Å². The molecule has 0 atom stereocenters. The van der Waals surface area contributed by atoms with E-state index in [0.29, 0.717) is 23.5 Å². The van der Waals surface area contributed by atoms with Gasteiger partial charge < -0.3 is 19.5 Å². The molecule has 0 aliphatic carbocycles. The summed E-state index contributed by atoms with van der Waals surface area (Å²) in [7, 11) is 1.52. The van der Waals surface area contributed by atoms with Crippen LogP contribution in [-0.4, -0.2) is 32.8 Å². The first kappa shape index (κ1) is 23.7. The van der Waals surface area contributed by atoms with Gasteiger partial charge in [-0.15, -0.1) is 6.42 Å². The SMILES string of the molecule is C#CCOc1ccc(CCNC(=O)C(=COC(F)F)c2ccc(CC)cc2)cc1OC. The number of alkyl halides is 2. The summed E-state index contributed by atoms with van der Waals surface area (Å²) in [4.78, 5) is 12.6. The van der Waals surface area contributed by atoms with Crippen LogP contribution in [0.25, 0.3) is 5.57 Å². The molecule has 2 aromatic rings. The van der Waals surface area contributed by atoms with E-state index in [2.05, 4.69) is 16.0 Å². The maximum absolute atomic E-state index is 12.6. The molecule has 0 saturated heterocycles. The Morgan fingerprint density at radius 3 is 2.48 bits per heavy atom. The Labute approximate surface area is 181 Å². The van der Waals surface area contributed by atoms with Crippen LogP contribution in [-0.2, 0) is 22.4 Å². The summed E-state index contributed by atoms with van der Waals surface area (Å²) in [6, 6.07) is 12.5. The third kappa shape index (κ3) is 7.34. The van der Waals surface area contributed by atoms with E-state index in [-0.39, 0.29) is 18.7 Å². The van der Waals surface area contributed by atoms with E-state index in [1.54, 1.807) is 24.3 Å². The van der Waals surface area contributed by atoms with E-state index in [4.69, 9.17) is 15.9 Å². The van der Waals surface area contributed by atoms with Gasteiger partial charge in [0, 0.05) is 6.54 Å². The summed E-state index contributed by atoms with van der Waals surface area (Å²) in [6.45, 7) is -0.603. The van der Waals surface area contributed by atoms with Crippen molar-refractivity contribution in [3.63, 3.8) is 0 Å². The Morgan fingerprint density at radius 1 is 1.16 bits per heavy atom. The van der Waals surface area contributed by atoms with Crippen LogP contribution in [0.4, 0.5) is 8.78 Å². The summed E-state index contributed by atoms with van der Waals surface area (Å²) >= 11 is 0. The standard InChI is InChI=1S/C24H25F2NO4/c1-4-14-30-21-11-8-18(15-22(21)29-3)12-13-27-23(28)20(16-31-24(25)26)19-9-6-17(5-2)7-10-19/h1,6-11,15-16,24H,5,12-14H2,2-3H3,(H,27,28). The minimum absolute atomic E-state index is 0.0265. The highest BCUT2D eigenvalue weighted by Gasteiger charge is 2.14. The molecule has 0 spiro atoms. The molecule has 0 aromatic heterocycles. The Morgan fingerprint density at radius 2 is 1.87 bits per heavy atom. The maximum Gasteiger partial charge on any atom is 0.386 e. The Kier molecular flexibility index (Phi) is 9.37. The minimum atomic E-state index is -3.01. The lowest BCUT2D eigenvalue weighted by Crippen LogP contribution is -2.27. The topological polar surface area (TPSA) is 56.8 Å². The molecule has 31 heavy (non-hydrogen) atoms. The molecule has 1 amide bonds. The number of terminal acetylenes is 1. The molecule has 2 rings (SSSR count). The highest BCUT2D eigenvalue weighted by Crippen LogP contribution is 2.28. The van der Waals surface area contributed by atoms with E-state index in [1.165, 1.54) is 7.11 Å². The summed E-state index contributed by atoms with van der Waals surface area (Å²) in [5.74, 6) is 2.93. The van der Waals surface area contributed by atoms with Crippen LogP contribution in [0.5, 0.6) is 11.5 Å². The second kappa shape index (κ2) is 12.2. The number of aryl methyl sites for hydroxylation is 1. The van der Waals surface area contributed by atoms with Gasteiger partial charge >= 0.3 is 6.61 Å². The highest BCUT2D eigenvalue weighted by molar-refractivity contribution is 6.19. The van der Waals surface area contributed by atoms with E-state index in [1.807, 2.05) is 25.1 Å². The fourth-order valence-electron chi connectivity index (χ4n) is 2.81. The van der Waals surface area contributed by atoms with E-state index >= 15 is 0 Å². The lowest BCUT2D eigenvalue weighted by atomic mass is 10.0. The number of rotatable bonds is 11. The van der Waals surface area contributed by atoms with Crippen LogP contribution in [0.15, 0.2) is 48.7 Å². The van der Waals surface area contributed by atoms with Gasteiger partial charge in [-0.05, 0) is 41.7 Å². The van der Waals surface area contributed by atoms with Crippen LogP contribution in [0.3, 0.4) is 0 Å². The number of benzene rings is 2. The van der Waals surface area contributed by atoms with Gasteiger partial charge in [-0.2, -0.15) is 8.78 Å². The normalized spacial score (nSPS) is 11.0. The zero-order valence-corrected chi connectivity index (χ0v) is 17.5. The second-order valence-electron chi connectivity index (χ2n) is 6.46. The second-order valence-corrected chi connectivity index (χ2v) is 6.46. The Hall–Kier alpha value is -3.53. The number of methoxy groups -OCH3 is 1. The van der Waals surface area contributed by atoms with Gasteiger partial charge in [-0.1, -0.05) is 43.2 Å². The van der Waals surface area contributed by atoms with Crippen molar-refractivity contribution < 1.29 is 27.8 Å². The molecule has 0 unspecified atom stereocenters. The summed E-state index contributed by atoms with van der Waals surface area (Å²) in [6.07, 6.45) is 7.32. The van der Waals surface area contributed by atoms with Gasteiger partial charge in [0.15, 0.2) is 11.5 Å². The lowest BCUT2D eigenvalue weighted by Gasteiger charge is -2.12. The molecular formula is C24H25F2NO4. The van der Waals surface area contributed by atoms with Gasteiger partial charge in [-0.25, -0.2) is 0 Å². The largest absolute Gasteiger partial charge is 0.493 e. The number of hydrogen-bond donors (Lipinski definition) is 1. The molecule has 0 heterocycles. The fourth-order valence-corrected chi connectivity index (χ4v) is 2.81. The van der Waals surface area contributed by atoms with Crippen molar-refractivity contribution in [2.75, 3.05) is 20.3 Å². The third-order valence-corrected chi connectivity index (χ3v) is 4.44. The Balaban J connectivity index is 2.05. The first-order valence-electron chi connectivity index (χ1n) is 9.73. The molecular weight excluding hydrogens is 404 g/mol. The van der Waals surface area contributed by atoms with Gasteiger partial charge in [-0.3, -0.25) is 4.79 Å². The lowest BCUT2D eigenvalue weighted by molar-refractivity contribution is -0.116. The van der Waals surface area contributed by atoms with E-state index in [0.717, 1.165) is 23.8 Å². The molecule has 164 valence electrons. The van der Waals surface area contributed by atoms with Gasteiger partial charge in [0.2, 0.25) is 0 Å². The summed E-state index contributed by atoms with van der Waals surface area (Å²) < 4.78 is 40.0. The molecule has 0 saturated carbocycles. The van der Waals surface area contributed by atoms with Crippen molar-refractivity contribution in [3.05, 3.63) is 65.4 Å². The van der Waals surface area contributed by atoms with E-state index in [9.17, 15) is 13.6 Å². The monoisotopic (exact) mass is 429 g/mol. The molecule has 0 bridgehead atoms. The highest BCUT2D eigenvalue weighted by atomic mass is 19.3. The molecule has 1 N–H and O–H groups in total. The number of carbonyl (C=O) groups is 1. The number of nitrogens with one attached hydrogen (secondary N) is 1. The predicted molar refractivity (Wildman–Crippen MR) is 115 cm³/mol. The van der Waals surface area contributed by atoms with Crippen LogP contribution in [0.1, 0.15) is 23.6 Å². The molecule has 5 nitrogen and oxygen atoms in total. The average molecular weight is 429 g/mol. The van der Waals surface area contributed by atoms with Crippen LogP contribution in [0, 0.1) is 12.3 Å². The van der Waals surface area contributed by atoms with Gasteiger partial charge in [0.1, 0.15) is 12.9 Å². The van der Waals surface area contributed by atoms with Crippen molar-refractivity contribution in [1.29, 1.82) is 0 Å². The van der Waals surface area contributed by atoms with Crippen LogP contribution in [0.2, 0.25) is 0 Å². The summed E-state index contributed by atoms with van der Waals surface area (Å²) in [5.41, 5.74) is 2.49. The molecule has 0 radical (unpaired) electrons. The van der Waals surface area contributed by atoms with Crippen LogP contribution >= 0.6 is 0 Å². The van der Waals surface area contributed by atoms with Crippen molar-refractivity contribution in [2.45, 2.75) is 26.4 Å². The third-order valence-electron chi connectivity index (χ3n) is 4.44. The van der Waals surface area contributed by atoms with Gasteiger partial charge in [0.25, 0.3) is 5.91 Å². The van der Waals surface area contributed by atoms with Crippen molar-refractivity contribution in [3.8, 4) is 23.8 Å². The fraction of sp³-hybridized carbons (Fsp3) is 0.292. The maximum atomic E-state index is 12.6. The quantitative estimate of drug-likeness (QED) is 0.330. The number of ether oxygens (including phenoxy) is 3. The molecule has 2 aromatic carbocycles. The molecule has 0 aliphatic rings. The number of halogens is 2. The van der Waals surface area contributed by atoms with Gasteiger partial charge in [0.05, 0.1) is 12.7 Å². The number of amides is 1. The van der Waals surface area contributed by atoms with Crippen molar-refractivity contribution >= 4 is 11.5 Å². The first-order chi connectivity index (χ1) is 15.0. The molecule has 0 aliphatic heterocycles. The molecule has 0 fully saturated rings. The van der Waals surface area contributed by atoms with E-state index < -0.39 is 12.5 Å². The zero-order valence-electron chi connectivity index (χ0n) is 17.5. The minimum Gasteiger partial charge on any atom is -0.493 e. The van der Waals surface area contributed by atoms with Crippen molar-refractivity contribution in [1.82, 2.24) is 5.32 Å². The molecule has 7 heteroatoms. The van der Waals surface area contributed by atoms with Crippen LogP contribution < -0.4 is 14.8 Å². The smallest absolute Gasteiger partial charge is 0.386 e. The first-order valence-corrected chi connectivity index (χ1v) is 9.73. The summed E-state index contributed by atoms with van der Waals surface area (Å²) in [5, 5.41) is 2.74. The number of hydrogen-bond acceptors (Lipinski definition) is 4.